The van der Waals surface area contributed by atoms with Gasteiger partial charge in [-0.05, 0) is 38.5 Å². The molecule has 1 unspecified atom stereocenters. The van der Waals surface area contributed by atoms with Crippen molar-refractivity contribution in [2.45, 2.75) is 45.7 Å². The molecule has 1 aromatic rings. The summed E-state index contributed by atoms with van der Waals surface area (Å²) in [5, 5.41) is 9.61. The van der Waals surface area contributed by atoms with Crippen LogP contribution in [0.1, 0.15) is 33.3 Å². The SMILES string of the molecule is CC(=O)N(C(C)C)C(C)(Cc1ccc(Br)cc1)C(=O)O. The number of hydrogen-bond acceptors (Lipinski definition) is 2. The van der Waals surface area contributed by atoms with Crippen LogP contribution in [0.15, 0.2) is 28.7 Å². The van der Waals surface area contributed by atoms with Crippen LogP contribution in [0.25, 0.3) is 0 Å². The maximum absolute atomic E-state index is 11.8. The van der Waals surface area contributed by atoms with Crippen LogP contribution in [0.3, 0.4) is 0 Å². The minimum absolute atomic E-state index is 0.177. The van der Waals surface area contributed by atoms with Gasteiger partial charge in [-0.3, -0.25) is 4.79 Å². The second-order valence-electron chi connectivity index (χ2n) is 5.37. The number of benzene rings is 1. The summed E-state index contributed by atoms with van der Waals surface area (Å²) < 4.78 is 0.936. The summed E-state index contributed by atoms with van der Waals surface area (Å²) in [6, 6.07) is 7.29. The molecule has 0 radical (unpaired) electrons. The lowest BCUT2D eigenvalue weighted by Crippen LogP contribution is -2.58. The highest BCUT2D eigenvalue weighted by Gasteiger charge is 2.42. The molecule has 4 nitrogen and oxygen atoms in total. The number of halogens is 1. The average molecular weight is 342 g/mol. The van der Waals surface area contributed by atoms with Gasteiger partial charge < -0.3 is 10.0 Å². The molecule has 0 saturated heterocycles. The predicted molar refractivity (Wildman–Crippen MR) is 81.5 cm³/mol. The first-order chi connectivity index (χ1) is 9.18. The molecule has 20 heavy (non-hydrogen) atoms. The Morgan fingerprint density at radius 1 is 1.30 bits per heavy atom. The third kappa shape index (κ3) is 3.60. The molecule has 5 heteroatoms. The van der Waals surface area contributed by atoms with E-state index in [1.54, 1.807) is 6.92 Å². The number of nitrogens with zero attached hydrogens (tertiary/aromatic N) is 1. The summed E-state index contributed by atoms with van der Waals surface area (Å²) in [4.78, 5) is 25.0. The van der Waals surface area contributed by atoms with Gasteiger partial charge in [-0.1, -0.05) is 28.1 Å². The predicted octanol–water partition coefficient (Wildman–Crippen LogP) is 3.09. The van der Waals surface area contributed by atoms with Crippen molar-refractivity contribution in [3.05, 3.63) is 34.3 Å². The molecule has 0 fully saturated rings. The van der Waals surface area contributed by atoms with Crippen molar-refractivity contribution in [2.24, 2.45) is 0 Å². The van der Waals surface area contributed by atoms with Crippen molar-refractivity contribution in [3.63, 3.8) is 0 Å². The quantitative estimate of drug-likeness (QED) is 0.895. The molecule has 1 atom stereocenters. The number of carbonyl (C=O) groups is 2. The van der Waals surface area contributed by atoms with Crippen LogP contribution in [0, 0.1) is 0 Å². The minimum atomic E-state index is -1.26. The van der Waals surface area contributed by atoms with Crippen molar-refractivity contribution >= 4 is 27.8 Å². The number of rotatable bonds is 5. The van der Waals surface area contributed by atoms with Crippen molar-refractivity contribution in [1.29, 1.82) is 0 Å². The first-order valence-electron chi connectivity index (χ1n) is 6.46. The smallest absolute Gasteiger partial charge is 0.329 e. The average Bonchev–Trinajstić information content (AvgIpc) is 2.30. The summed E-state index contributed by atoms with van der Waals surface area (Å²) >= 11 is 3.35. The number of carbonyl (C=O) groups excluding carboxylic acids is 1. The Balaban J connectivity index is 3.17. The van der Waals surface area contributed by atoms with Crippen molar-refractivity contribution in [1.82, 2.24) is 4.90 Å². The standard InChI is InChI=1S/C15H20BrNO3/c1-10(2)17(11(3)18)15(4,14(19)20)9-12-5-7-13(16)8-6-12/h5-8,10H,9H2,1-4H3,(H,19,20). The van der Waals surface area contributed by atoms with Gasteiger partial charge in [0.25, 0.3) is 0 Å². The highest BCUT2D eigenvalue weighted by molar-refractivity contribution is 9.10. The topological polar surface area (TPSA) is 57.6 Å². The molecular weight excluding hydrogens is 322 g/mol. The third-order valence-corrected chi connectivity index (χ3v) is 3.84. The minimum Gasteiger partial charge on any atom is -0.479 e. The van der Waals surface area contributed by atoms with E-state index in [0.717, 1.165) is 10.0 Å². The highest BCUT2D eigenvalue weighted by atomic mass is 79.9. The number of carboxylic acid groups (broad SMARTS) is 1. The van der Waals surface area contributed by atoms with Crippen LogP contribution >= 0.6 is 15.9 Å². The van der Waals surface area contributed by atoms with E-state index in [9.17, 15) is 14.7 Å². The third-order valence-electron chi connectivity index (χ3n) is 3.31. The fraction of sp³-hybridized carbons (Fsp3) is 0.467. The maximum Gasteiger partial charge on any atom is 0.329 e. The Morgan fingerprint density at radius 2 is 1.80 bits per heavy atom. The van der Waals surface area contributed by atoms with E-state index in [1.807, 2.05) is 38.1 Å². The molecule has 1 N–H and O–H groups in total. The zero-order valence-corrected chi connectivity index (χ0v) is 13.8. The zero-order chi connectivity index (χ0) is 15.5. The molecule has 0 aliphatic carbocycles. The van der Waals surface area contributed by atoms with E-state index in [1.165, 1.54) is 11.8 Å². The van der Waals surface area contributed by atoms with Crippen LogP contribution in [-0.2, 0) is 16.0 Å². The fourth-order valence-corrected chi connectivity index (χ4v) is 2.81. The first-order valence-corrected chi connectivity index (χ1v) is 7.25. The lowest BCUT2D eigenvalue weighted by atomic mass is 9.89. The van der Waals surface area contributed by atoms with Crippen LogP contribution in [0.4, 0.5) is 0 Å². The first kappa shape index (κ1) is 16.7. The zero-order valence-electron chi connectivity index (χ0n) is 12.2. The summed E-state index contributed by atoms with van der Waals surface area (Å²) in [5.41, 5.74) is -0.376. The van der Waals surface area contributed by atoms with E-state index in [2.05, 4.69) is 15.9 Å². The molecule has 110 valence electrons. The van der Waals surface area contributed by atoms with Crippen LogP contribution in [0.2, 0.25) is 0 Å². The van der Waals surface area contributed by atoms with E-state index >= 15 is 0 Å². The fourth-order valence-electron chi connectivity index (χ4n) is 2.54. The highest BCUT2D eigenvalue weighted by Crippen LogP contribution is 2.25. The molecule has 1 amide bonds. The Kier molecular flexibility index (Phi) is 5.34. The number of amides is 1. The van der Waals surface area contributed by atoms with Gasteiger partial charge in [0.2, 0.25) is 5.91 Å². The van der Waals surface area contributed by atoms with Gasteiger partial charge in [-0.25, -0.2) is 4.79 Å². The van der Waals surface area contributed by atoms with Crippen molar-refractivity contribution < 1.29 is 14.7 Å². The molecule has 0 heterocycles. The number of aliphatic carboxylic acids is 1. The molecule has 1 aromatic carbocycles. The maximum atomic E-state index is 11.8. The second kappa shape index (κ2) is 6.39. The normalized spacial score (nSPS) is 13.9. The molecule has 0 bridgehead atoms. The van der Waals surface area contributed by atoms with E-state index < -0.39 is 11.5 Å². The Bertz CT molecular complexity index is 498. The van der Waals surface area contributed by atoms with E-state index in [0.29, 0.717) is 0 Å². The number of carboxylic acids is 1. The van der Waals surface area contributed by atoms with Gasteiger partial charge >= 0.3 is 5.97 Å². The molecule has 0 saturated carbocycles. The Hall–Kier alpha value is -1.36. The van der Waals surface area contributed by atoms with Crippen molar-refractivity contribution in [2.75, 3.05) is 0 Å². The Labute approximate surface area is 127 Å². The van der Waals surface area contributed by atoms with Gasteiger partial charge in [0.1, 0.15) is 5.54 Å². The molecule has 0 aliphatic heterocycles. The largest absolute Gasteiger partial charge is 0.479 e. The monoisotopic (exact) mass is 341 g/mol. The van der Waals surface area contributed by atoms with Gasteiger partial charge in [0, 0.05) is 23.9 Å². The molecule has 0 aromatic heterocycles. The van der Waals surface area contributed by atoms with Crippen molar-refractivity contribution in [3.8, 4) is 0 Å². The van der Waals surface area contributed by atoms with Gasteiger partial charge in [0.15, 0.2) is 0 Å². The second-order valence-corrected chi connectivity index (χ2v) is 6.28. The summed E-state index contributed by atoms with van der Waals surface area (Å²) in [6.07, 6.45) is 0.271. The van der Waals surface area contributed by atoms with E-state index in [-0.39, 0.29) is 18.4 Å². The van der Waals surface area contributed by atoms with Gasteiger partial charge in [-0.15, -0.1) is 0 Å². The number of hydrogen-bond donors (Lipinski definition) is 1. The Morgan fingerprint density at radius 3 is 2.15 bits per heavy atom. The molecule has 0 aliphatic rings. The molecular formula is C15H20BrNO3. The summed E-state index contributed by atoms with van der Waals surface area (Å²) in [5.74, 6) is -1.23. The van der Waals surface area contributed by atoms with Gasteiger partial charge in [0.05, 0.1) is 0 Å². The lowest BCUT2D eigenvalue weighted by molar-refractivity contribution is -0.159. The summed E-state index contributed by atoms with van der Waals surface area (Å²) in [7, 11) is 0. The summed E-state index contributed by atoms with van der Waals surface area (Å²) in [6.45, 7) is 6.65. The molecule has 0 spiro atoms. The van der Waals surface area contributed by atoms with Gasteiger partial charge in [-0.2, -0.15) is 0 Å². The molecule has 1 rings (SSSR count). The van der Waals surface area contributed by atoms with E-state index in [4.69, 9.17) is 0 Å². The van der Waals surface area contributed by atoms with Crippen LogP contribution < -0.4 is 0 Å². The lowest BCUT2D eigenvalue weighted by Gasteiger charge is -2.40. The van der Waals surface area contributed by atoms with Crippen LogP contribution in [-0.4, -0.2) is 33.5 Å². The van der Waals surface area contributed by atoms with Crippen LogP contribution in [0.5, 0.6) is 0 Å².